The molecule has 3 rings (SSSR count). The molecule has 0 radical (unpaired) electrons. The van der Waals surface area contributed by atoms with E-state index < -0.39 is 0 Å². The molecule has 0 aromatic heterocycles. The number of Topliss-reactive ketones (excluding diaryl/α,β-unsaturated/α-hetero) is 1. The second-order valence-corrected chi connectivity index (χ2v) is 6.01. The molecular formula is C19H19FO. The second kappa shape index (κ2) is 5.44. The van der Waals surface area contributed by atoms with E-state index in [-0.39, 0.29) is 23.1 Å². The monoisotopic (exact) mass is 282 g/mol. The summed E-state index contributed by atoms with van der Waals surface area (Å²) in [5, 5.41) is 0. The molecule has 2 aromatic carbocycles. The molecule has 1 atom stereocenters. The molecular weight excluding hydrogens is 263 g/mol. The van der Waals surface area contributed by atoms with Crippen molar-refractivity contribution in [2.24, 2.45) is 5.92 Å². The molecule has 2 aromatic rings. The molecule has 0 saturated carbocycles. The first-order valence-corrected chi connectivity index (χ1v) is 7.44. The molecule has 0 heterocycles. The van der Waals surface area contributed by atoms with Gasteiger partial charge in [-0.05, 0) is 61.4 Å². The van der Waals surface area contributed by atoms with Crippen LogP contribution in [0.15, 0.2) is 36.4 Å². The van der Waals surface area contributed by atoms with Crippen LogP contribution in [0.5, 0.6) is 0 Å². The van der Waals surface area contributed by atoms with E-state index in [1.807, 2.05) is 32.0 Å². The average Bonchev–Trinajstić information content (AvgIpc) is 2.45. The SMILES string of the molecule is Cc1cc(C)c(C(=O)C2CCc3ccccc3C2)c(F)c1. The minimum Gasteiger partial charge on any atom is -0.294 e. The third-order valence-electron chi connectivity index (χ3n) is 4.40. The Morgan fingerprint density at radius 2 is 1.86 bits per heavy atom. The molecule has 0 bridgehead atoms. The maximum atomic E-state index is 14.2. The van der Waals surface area contributed by atoms with E-state index in [1.165, 1.54) is 17.2 Å². The van der Waals surface area contributed by atoms with Crippen LogP contribution in [0.25, 0.3) is 0 Å². The molecule has 2 heteroatoms. The van der Waals surface area contributed by atoms with E-state index in [0.717, 1.165) is 30.4 Å². The number of halogens is 1. The van der Waals surface area contributed by atoms with Gasteiger partial charge in [-0.1, -0.05) is 30.3 Å². The smallest absolute Gasteiger partial charge is 0.169 e. The number of hydrogen-bond acceptors (Lipinski definition) is 1. The molecule has 1 aliphatic carbocycles. The van der Waals surface area contributed by atoms with E-state index in [2.05, 4.69) is 12.1 Å². The number of carbonyl (C=O) groups excluding carboxylic acids is 1. The number of hydrogen-bond donors (Lipinski definition) is 0. The minimum absolute atomic E-state index is 0.0421. The minimum atomic E-state index is -0.378. The van der Waals surface area contributed by atoms with E-state index in [0.29, 0.717) is 0 Å². The van der Waals surface area contributed by atoms with Gasteiger partial charge in [0.25, 0.3) is 0 Å². The fourth-order valence-corrected chi connectivity index (χ4v) is 3.35. The molecule has 0 amide bonds. The zero-order valence-electron chi connectivity index (χ0n) is 12.4. The predicted octanol–water partition coefficient (Wildman–Crippen LogP) is 4.43. The van der Waals surface area contributed by atoms with Crippen LogP contribution < -0.4 is 0 Å². The highest BCUT2D eigenvalue weighted by atomic mass is 19.1. The first kappa shape index (κ1) is 14.0. The van der Waals surface area contributed by atoms with Crippen molar-refractivity contribution in [3.05, 3.63) is 70.0 Å². The standard InChI is InChI=1S/C19H19FO/c1-12-9-13(2)18(17(20)10-12)19(21)16-8-7-14-5-3-4-6-15(14)11-16/h3-6,9-10,16H,7-8,11H2,1-2H3. The van der Waals surface area contributed by atoms with Gasteiger partial charge in [0.2, 0.25) is 0 Å². The van der Waals surface area contributed by atoms with Crippen LogP contribution in [0, 0.1) is 25.6 Å². The van der Waals surface area contributed by atoms with E-state index in [9.17, 15) is 9.18 Å². The van der Waals surface area contributed by atoms with Crippen LogP contribution in [0.2, 0.25) is 0 Å². The van der Waals surface area contributed by atoms with Crippen molar-refractivity contribution in [3.8, 4) is 0 Å². The zero-order valence-corrected chi connectivity index (χ0v) is 12.4. The lowest BCUT2D eigenvalue weighted by atomic mass is 9.79. The Hall–Kier alpha value is -1.96. The molecule has 108 valence electrons. The molecule has 0 aliphatic heterocycles. The molecule has 0 spiro atoms. The first-order valence-electron chi connectivity index (χ1n) is 7.44. The van der Waals surface area contributed by atoms with Crippen molar-refractivity contribution in [2.45, 2.75) is 33.1 Å². The third kappa shape index (κ3) is 2.63. The van der Waals surface area contributed by atoms with Gasteiger partial charge in [0.1, 0.15) is 5.82 Å². The fourth-order valence-electron chi connectivity index (χ4n) is 3.35. The van der Waals surface area contributed by atoms with Crippen LogP contribution in [-0.2, 0) is 12.8 Å². The summed E-state index contributed by atoms with van der Waals surface area (Å²) in [4.78, 5) is 12.7. The van der Waals surface area contributed by atoms with Gasteiger partial charge in [0.15, 0.2) is 5.78 Å². The Labute approximate surface area is 124 Å². The van der Waals surface area contributed by atoms with Gasteiger partial charge in [-0.15, -0.1) is 0 Å². The van der Waals surface area contributed by atoms with Gasteiger partial charge >= 0.3 is 0 Å². The summed E-state index contributed by atoms with van der Waals surface area (Å²) >= 11 is 0. The van der Waals surface area contributed by atoms with Crippen molar-refractivity contribution in [1.82, 2.24) is 0 Å². The number of rotatable bonds is 2. The van der Waals surface area contributed by atoms with Gasteiger partial charge in [0, 0.05) is 5.92 Å². The lowest BCUT2D eigenvalue weighted by Gasteiger charge is -2.24. The lowest BCUT2D eigenvalue weighted by Crippen LogP contribution is -2.24. The lowest BCUT2D eigenvalue weighted by molar-refractivity contribution is 0.0904. The fraction of sp³-hybridized carbons (Fsp3) is 0.316. The predicted molar refractivity (Wildman–Crippen MR) is 82.2 cm³/mol. The highest BCUT2D eigenvalue weighted by Crippen LogP contribution is 2.29. The maximum absolute atomic E-state index is 14.2. The summed E-state index contributed by atoms with van der Waals surface area (Å²) in [5.41, 5.74) is 4.44. The average molecular weight is 282 g/mol. The third-order valence-corrected chi connectivity index (χ3v) is 4.40. The Bertz CT molecular complexity index is 679. The Kier molecular flexibility index (Phi) is 3.62. The molecule has 0 fully saturated rings. The quantitative estimate of drug-likeness (QED) is 0.745. The van der Waals surface area contributed by atoms with Crippen LogP contribution in [-0.4, -0.2) is 5.78 Å². The summed E-state index contributed by atoms with van der Waals surface area (Å²) in [6.45, 7) is 3.67. The van der Waals surface area contributed by atoms with E-state index in [1.54, 1.807) is 0 Å². The van der Waals surface area contributed by atoms with Gasteiger partial charge in [-0.2, -0.15) is 0 Å². The molecule has 21 heavy (non-hydrogen) atoms. The Balaban J connectivity index is 1.91. The van der Waals surface area contributed by atoms with Gasteiger partial charge in [0.05, 0.1) is 5.56 Å². The van der Waals surface area contributed by atoms with E-state index in [4.69, 9.17) is 0 Å². The highest BCUT2D eigenvalue weighted by molar-refractivity contribution is 5.99. The van der Waals surface area contributed by atoms with Crippen LogP contribution in [0.3, 0.4) is 0 Å². The van der Waals surface area contributed by atoms with Crippen molar-refractivity contribution in [1.29, 1.82) is 0 Å². The summed E-state index contributed by atoms with van der Waals surface area (Å²) in [5.74, 6) is -0.522. The topological polar surface area (TPSA) is 17.1 Å². The van der Waals surface area contributed by atoms with Crippen molar-refractivity contribution < 1.29 is 9.18 Å². The van der Waals surface area contributed by atoms with Crippen LogP contribution in [0.4, 0.5) is 4.39 Å². The normalized spacial score (nSPS) is 17.4. The molecule has 1 unspecified atom stereocenters. The van der Waals surface area contributed by atoms with Gasteiger partial charge in [-0.3, -0.25) is 4.79 Å². The summed E-state index contributed by atoms with van der Waals surface area (Å²) in [7, 11) is 0. The number of fused-ring (bicyclic) bond motifs is 1. The summed E-state index contributed by atoms with van der Waals surface area (Å²) in [6, 6.07) is 11.6. The second-order valence-electron chi connectivity index (χ2n) is 6.01. The number of ketones is 1. The number of benzene rings is 2. The van der Waals surface area contributed by atoms with Crippen molar-refractivity contribution in [3.63, 3.8) is 0 Å². The summed E-state index contributed by atoms with van der Waals surface area (Å²) < 4.78 is 14.2. The first-order chi connectivity index (χ1) is 10.1. The molecule has 1 aliphatic rings. The Morgan fingerprint density at radius 3 is 2.57 bits per heavy atom. The highest BCUT2D eigenvalue weighted by Gasteiger charge is 2.28. The zero-order chi connectivity index (χ0) is 15.0. The van der Waals surface area contributed by atoms with Crippen LogP contribution in [0.1, 0.15) is 39.0 Å². The summed E-state index contributed by atoms with van der Waals surface area (Å²) in [6.07, 6.45) is 2.43. The van der Waals surface area contributed by atoms with Gasteiger partial charge < -0.3 is 0 Å². The molecule has 0 saturated heterocycles. The molecule has 1 nitrogen and oxygen atoms in total. The van der Waals surface area contributed by atoms with Crippen molar-refractivity contribution >= 4 is 5.78 Å². The van der Waals surface area contributed by atoms with Gasteiger partial charge in [-0.25, -0.2) is 4.39 Å². The Morgan fingerprint density at radius 1 is 1.14 bits per heavy atom. The van der Waals surface area contributed by atoms with Crippen molar-refractivity contribution in [2.75, 3.05) is 0 Å². The van der Waals surface area contributed by atoms with Crippen LogP contribution >= 0.6 is 0 Å². The van der Waals surface area contributed by atoms with E-state index >= 15 is 0 Å². The number of carbonyl (C=O) groups is 1. The maximum Gasteiger partial charge on any atom is 0.169 e. The molecule has 0 N–H and O–H groups in total. The number of aryl methyl sites for hydroxylation is 3. The largest absolute Gasteiger partial charge is 0.294 e.